The van der Waals surface area contributed by atoms with Crippen molar-refractivity contribution < 1.29 is 30.0 Å². The van der Waals surface area contributed by atoms with Crippen LogP contribution >= 0.6 is 0 Å². The lowest BCUT2D eigenvalue weighted by atomic mass is 10.1. The molecular formula is C15H12F3N3O4S2. The second kappa shape index (κ2) is 6.94. The molecule has 12 heteroatoms. The van der Waals surface area contributed by atoms with E-state index < -0.39 is 49.0 Å². The largest absolute Gasteiger partial charge is 0.418 e. The fourth-order valence-electron chi connectivity index (χ4n) is 2.70. The highest BCUT2D eigenvalue weighted by molar-refractivity contribution is 7.89. The third-order valence-electron chi connectivity index (χ3n) is 3.78. The van der Waals surface area contributed by atoms with Gasteiger partial charge in [-0.15, -0.1) is 4.36 Å². The molecule has 0 amide bonds. The standard InChI is InChI=1S/C15H12F3N3O4S2/c16-15(17,18)10-7-12-13(8-11(10)20-26(22)23)27(24,25)21-14(19-12)6-9-4-2-1-3-5-9/h1-5,7-8,14,19,21H,6H2. The van der Waals surface area contributed by atoms with E-state index in [0.717, 1.165) is 5.56 Å². The van der Waals surface area contributed by atoms with Gasteiger partial charge in [-0.2, -0.15) is 26.3 Å². The molecule has 0 aliphatic carbocycles. The second-order valence-electron chi connectivity index (χ2n) is 5.68. The van der Waals surface area contributed by atoms with Gasteiger partial charge in [-0.1, -0.05) is 30.3 Å². The maximum atomic E-state index is 13.3. The highest BCUT2D eigenvalue weighted by Gasteiger charge is 2.38. The SMILES string of the molecule is O=S(=O)=Nc1cc2c(cc1C(F)(F)F)NC(Cc1ccccc1)NS2(=O)=O. The summed E-state index contributed by atoms with van der Waals surface area (Å²) in [6.07, 6.45) is -5.60. The van der Waals surface area contributed by atoms with Crippen LogP contribution in [0.4, 0.5) is 24.5 Å². The number of alkyl halides is 3. The fourth-order valence-corrected chi connectivity index (χ4v) is 4.33. The third-order valence-corrected chi connectivity index (χ3v) is 5.63. The van der Waals surface area contributed by atoms with Gasteiger partial charge in [0.05, 0.1) is 23.1 Å². The van der Waals surface area contributed by atoms with Crippen molar-refractivity contribution in [2.24, 2.45) is 4.36 Å². The number of halogens is 3. The molecule has 2 aromatic rings. The average molecular weight is 419 g/mol. The molecule has 27 heavy (non-hydrogen) atoms. The van der Waals surface area contributed by atoms with E-state index >= 15 is 0 Å². The molecule has 0 saturated carbocycles. The minimum absolute atomic E-state index is 0.192. The van der Waals surface area contributed by atoms with Crippen LogP contribution in [0.1, 0.15) is 11.1 Å². The van der Waals surface area contributed by atoms with Crippen molar-refractivity contribution in [1.29, 1.82) is 0 Å². The van der Waals surface area contributed by atoms with Gasteiger partial charge < -0.3 is 5.32 Å². The molecule has 1 unspecified atom stereocenters. The Balaban J connectivity index is 2.09. The first kappa shape index (κ1) is 19.3. The van der Waals surface area contributed by atoms with Crippen molar-refractivity contribution in [1.82, 2.24) is 4.72 Å². The van der Waals surface area contributed by atoms with Crippen molar-refractivity contribution in [2.45, 2.75) is 23.7 Å². The van der Waals surface area contributed by atoms with Gasteiger partial charge in [0.15, 0.2) is 0 Å². The number of nitrogens with zero attached hydrogens (tertiary/aromatic N) is 1. The lowest BCUT2D eigenvalue weighted by Gasteiger charge is -2.29. The molecule has 1 aliphatic heterocycles. The Morgan fingerprint density at radius 2 is 1.78 bits per heavy atom. The molecule has 1 heterocycles. The van der Waals surface area contributed by atoms with E-state index in [0.29, 0.717) is 12.1 Å². The number of rotatable bonds is 3. The highest BCUT2D eigenvalue weighted by Crippen LogP contribution is 2.41. The van der Waals surface area contributed by atoms with Gasteiger partial charge in [0.1, 0.15) is 4.90 Å². The minimum Gasteiger partial charge on any atom is -0.368 e. The van der Waals surface area contributed by atoms with Crippen LogP contribution < -0.4 is 10.0 Å². The van der Waals surface area contributed by atoms with Crippen molar-refractivity contribution in [3.05, 3.63) is 53.6 Å². The van der Waals surface area contributed by atoms with Gasteiger partial charge >= 0.3 is 16.7 Å². The smallest absolute Gasteiger partial charge is 0.368 e. The predicted molar refractivity (Wildman–Crippen MR) is 90.3 cm³/mol. The van der Waals surface area contributed by atoms with Crippen LogP contribution in [-0.2, 0) is 33.1 Å². The number of benzene rings is 2. The van der Waals surface area contributed by atoms with Crippen molar-refractivity contribution in [3.8, 4) is 0 Å². The zero-order valence-corrected chi connectivity index (χ0v) is 15.0. The van der Waals surface area contributed by atoms with Crippen LogP contribution in [0.15, 0.2) is 51.7 Å². The van der Waals surface area contributed by atoms with Crippen molar-refractivity contribution >= 4 is 31.9 Å². The molecule has 144 valence electrons. The summed E-state index contributed by atoms with van der Waals surface area (Å²) in [7, 11) is -7.35. The normalized spacial score (nSPS) is 18.3. The van der Waals surface area contributed by atoms with Gasteiger partial charge in [-0.05, 0) is 17.7 Å². The lowest BCUT2D eigenvalue weighted by molar-refractivity contribution is -0.137. The number of hydrogen-bond donors (Lipinski definition) is 2. The van der Waals surface area contributed by atoms with Crippen LogP contribution in [-0.4, -0.2) is 23.0 Å². The Hall–Kier alpha value is -2.44. The first-order chi connectivity index (χ1) is 12.6. The molecule has 1 atom stereocenters. The summed E-state index contributed by atoms with van der Waals surface area (Å²) >= 11 is 0. The summed E-state index contributed by atoms with van der Waals surface area (Å²) in [5, 5.41) is 2.71. The Morgan fingerprint density at radius 3 is 2.37 bits per heavy atom. The number of anilines is 1. The Labute approximate surface area is 154 Å². The molecule has 0 saturated heterocycles. The van der Waals surface area contributed by atoms with E-state index in [1.807, 2.05) is 0 Å². The van der Waals surface area contributed by atoms with E-state index in [9.17, 15) is 30.0 Å². The van der Waals surface area contributed by atoms with E-state index in [1.165, 1.54) is 0 Å². The first-order valence-corrected chi connectivity index (χ1v) is 9.97. The molecule has 0 bridgehead atoms. The van der Waals surface area contributed by atoms with Gasteiger partial charge in [-0.3, -0.25) is 0 Å². The molecule has 0 fully saturated rings. The monoisotopic (exact) mass is 419 g/mol. The summed E-state index contributed by atoms with van der Waals surface area (Å²) in [4.78, 5) is -0.510. The van der Waals surface area contributed by atoms with E-state index in [4.69, 9.17) is 0 Å². The molecule has 3 rings (SSSR count). The van der Waals surface area contributed by atoms with Crippen LogP contribution in [0, 0.1) is 0 Å². The summed E-state index contributed by atoms with van der Waals surface area (Å²) in [6.45, 7) is 0. The molecule has 0 radical (unpaired) electrons. The van der Waals surface area contributed by atoms with E-state index in [2.05, 4.69) is 14.4 Å². The molecule has 2 N–H and O–H groups in total. The Bertz CT molecular complexity index is 1110. The average Bonchev–Trinajstić information content (AvgIpc) is 2.54. The van der Waals surface area contributed by atoms with Crippen LogP contribution in [0.3, 0.4) is 0 Å². The molecule has 2 aromatic carbocycles. The summed E-state index contributed by atoms with van der Waals surface area (Å²) in [5.74, 6) is 0. The quantitative estimate of drug-likeness (QED) is 0.796. The summed E-state index contributed by atoms with van der Waals surface area (Å²) in [6, 6.07) is 9.91. The van der Waals surface area contributed by atoms with Crippen molar-refractivity contribution in [3.63, 3.8) is 0 Å². The molecule has 7 nitrogen and oxygen atoms in total. The maximum Gasteiger partial charge on any atom is 0.418 e. The fraction of sp³-hybridized carbons (Fsp3) is 0.200. The van der Waals surface area contributed by atoms with E-state index in [-0.39, 0.29) is 12.1 Å². The third kappa shape index (κ3) is 4.28. The Morgan fingerprint density at radius 1 is 1.11 bits per heavy atom. The van der Waals surface area contributed by atoms with Crippen LogP contribution in [0.5, 0.6) is 0 Å². The summed E-state index contributed by atoms with van der Waals surface area (Å²) < 4.78 is 91.3. The Kier molecular flexibility index (Phi) is 4.97. The highest BCUT2D eigenvalue weighted by atomic mass is 32.2. The van der Waals surface area contributed by atoms with Crippen LogP contribution in [0.2, 0.25) is 0 Å². The van der Waals surface area contributed by atoms with Crippen LogP contribution in [0.25, 0.3) is 0 Å². The van der Waals surface area contributed by atoms with E-state index in [1.54, 1.807) is 30.3 Å². The predicted octanol–water partition coefficient (Wildman–Crippen LogP) is 2.67. The molecule has 0 aromatic heterocycles. The second-order valence-corrected chi connectivity index (χ2v) is 7.98. The van der Waals surface area contributed by atoms with Crippen molar-refractivity contribution in [2.75, 3.05) is 5.32 Å². The number of fused-ring (bicyclic) bond motifs is 1. The van der Waals surface area contributed by atoms with Gasteiger partial charge in [0.2, 0.25) is 10.0 Å². The zero-order valence-electron chi connectivity index (χ0n) is 13.4. The summed E-state index contributed by atoms with van der Waals surface area (Å²) in [5.41, 5.74) is -1.86. The topological polar surface area (TPSA) is 105 Å². The van der Waals surface area contributed by atoms with Gasteiger partial charge in [-0.25, -0.2) is 8.42 Å². The molecule has 1 aliphatic rings. The minimum atomic E-state index is -4.92. The molecular weight excluding hydrogens is 407 g/mol. The first-order valence-electron chi connectivity index (χ1n) is 7.45. The number of sulfonamides is 1. The van der Waals surface area contributed by atoms with Gasteiger partial charge in [0, 0.05) is 6.42 Å². The lowest BCUT2D eigenvalue weighted by Crippen LogP contribution is -2.46. The van der Waals surface area contributed by atoms with Gasteiger partial charge in [0.25, 0.3) is 0 Å². The maximum absolute atomic E-state index is 13.3. The number of hydrogen-bond acceptors (Lipinski definition) is 6. The zero-order chi connectivity index (χ0) is 19.8. The number of nitrogens with one attached hydrogen (secondary N) is 2. The molecule has 0 spiro atoms.